The summed E-state index contributed by atoms with van der Waals surface area (Å²) < 4.78 is 0. The van der Waals surface area contributed by atoms with Gasteiger partial charge < -0.3 is 5.11 Å². The van der Waals surface area contributed by atoms with Gasteiger partial charge in [-0.25, -0.2) is 0 Å². The zero-order chi connectivity index (χ0) is 19.0. The molecule has 25 heavy (non-hydrogen) atoms. The monoisotopic (exact) mass is 343 g/mol. The second-order valence-corrected chi connectivity index (χ2v) is 7.27. The highest BCUT2D eigenvalue weighted by atomic mass is 16.3. The first-order valence-corrected chi connectivity index (χ1v) is 9.09. The van der Waals surface area contributed by atoms with Crippen LogP contribution in [-0.2, 0) is 4.79 Å². The van der Waals surface area contributed by atoms with E-state index < -0.39 is 12.1 Å². The van der Waals surface area contributed by atoms with E-state index in [0.29, 0.717) is 0 Å². The number of likely N-dealkylation sites (N-methyl/N-ethyl adjacent to an activating group) is 1. The molecule has 3 atom stereocenters. The number of rotatable bonds is 9. The highest BCUT2D eigenvalue weighted by molar-refractivity contribution is 5.86. The van der Waals surface area contributed by atoms with Crippen molar-refractivity contribution < 1.29 is 9.90 Å². The van der Waals surface area contributed by atoms with Gasteiger partial charge in [0, 0.05) is 17.9 Å². The van der Waals surface area contributed by atoms with E-state index in [-0.39, 0.29) is 23.7 Å². The van der Waals surface area contributed by atoms with Gasteiger partial charge in [-0.15, -0.1) is 0 Å². The van der Waals surface area contributed by atoms with Gasteiger partial charge in [0.1, 0.15) is 0 Å². The van der Waals surface area contributed by atoms with Crippen LogP contribution in [0.15, 0.2) is 48.6 Å². The Kier molecular flexibility index (Phi) is 8.81. The fourth-order valence-corrected chi connectivity index (χ4v) is 2.64. The summed E-state index contributed by atoms with van der Waals surface area (Å²) in [7, 11) is 1.91. The van der Waals surface area contributed by atoms with Gasteiger partial charge in [-0.2, -0.15) is 0 Å². The van der Waals surface area contributed by atoms with Gasteiger partial charge >= 0.3 is 0 Å². The maximum Gasteiger partial charge on any atom is 0.155 e. The first kappa shape index (κ1) is 21.3. The molecule has 0 unspecified atom stereocenters. The van der Waals surface area contributed by atoms with Gasteiger partial charge in [0.05, 0.1) is 12.1 Å². The summed E-state index contributed by atoms with van der Waals surface area (Å²) in [6, 6.07) is 9.77. The van der Waals surface area contributed by atoms with Crippen molar-refractivity contribution in [2.75, 3.05) is 7.05 Å². The van der Waals surface area contributed by atoms with Gasteiger partial charge in [-0.05, 0) is 26.5 Å². The Hall–Kier alpha value is -1.71. The molecule has 0 aromatic heterocycles. The summed E-state index contributed by atoms with van der Waals surface area (Å²) in [5, 5.41) is 10.8. The lowest BCUT2D eigenvalue weighted by molar-refractivity contribution is -0.132. The zero-order valence-corrected chi connectivity index (χ0v) is 16.4. The van der Waals surface area contributed by atoms with Crippen LogP contribution in [-0.4, -0.2) is 41.0 Å². The molecule has 0 saturated heterocycles. The zero-order valence-electron chi connectivity index (χ0n) is 16.4. The van der Waals surface area contributed by atoms with E-state index in [2.05, 4.69) is 0 Å². The van der Waals surface area contributed by atoms with E-state index in [1.54, 1.807) is 0 Å². The third-order valence-corrected chi connectivity index (χ3v) is 4.59. The van der Waals surface area contributed by atoms with Gasteiger partial charge in [0.25, 0.3) is 0 Å². The fourth-order valence-electron chi connectivity index (χ4n) is 2.64. The van der Waals surface area contributed by atoms with Crippen molar-refractivity contribution in [2.45, 2.75) is 52.8 Å². The molecule has 0 amide bonds. The Bertz CT molecular complexity index is 575. The van der Waals surface area contributed by atoms with E-state index >= 15 is 0 Å². The molecule has 1 aromatic carbocycles. The van der Waals surface area contributed by atoms with Crippen LogP contribution in [0.2, 0.25) is 0 Å². The molecular formula is C22H33NO2. The first-order chi connectivity index (χ1) is 11.8. The summed E-state index contributed by atoms with van der Waals surface area (Å²) in [4.78, 5) is 14.6. The van der Waals surface area contributed by atoms with Crippen LogP contribution in [0, 0.1) is 11.8 Å². The van der Waals surface area contributed by atoms with Crippen LogP contribution in [0.1, 0.15) is 40.2 Å². The van der Waals surface area contributed by atoms with E-state index in [1.165, 1.54) is 0 Å². The summed E-state index contributed by atoms with van der Waals surface area (Å²) in [6.07, 6.45) is 7.14. The molecule has 3 heteroatoms. The Morgan fingerprint density at radius 3 is 2.16 bits per heavy atom. The summed E-state index contributed by atoms with van der Waals surface area (Å²) >= 11 is 0. The highest BCUT2D eigenvalue weighted by Gasteiger charge is 2.35. The van der Waals surface area contributed by atoms with Crippen molar-refractivity contribution in [3.8, 4) is 0 Å². The van der Waals surface area contributed by atoms with Gasteiger partial charge in [-0.1, -0.05) is 75.4 Å². The molecule has 1 N–H and O–H groups in total. The number of Topliss-reactive ketones (excluding diaryl/α,β-unsaturated/α-hetero) is 1. The summed E-state index contributed by atoms with van der Waals surface area (Å²) in [6.45, 7) is 9.80. The van der Waals surface area contributed by atoms with Crippen LogP contribution >= 0.6 is 0 Å². The van der Waals surface area contributed by atoms with Crippen LogP contribution in [0.3, 0.4) is 0 Å². The molecule has 0 fully saturated rings. The van der Waals surface area contributed by atoms with Gasteiger partial charge in [0.2, 0.25) is 0 Å². The second kappa shape index (κ2) is 10.3. The topological polar surface area (TPSA) is 40.5 Å². The fraction of sp³-hybridized carbons (Fsp3) is 0.500. The summed E-state index contributed by atoms with van der Waals surface area (Å²) in [5.41, 5.74) is 1.13. The summed E-state index contributed by atoms with van der Waals surface area (Å²) in [5.74, 6) is -0.131. The minimum Gasteiger partial charge on any atom is -0.390 e. The Balaban J connectivity index is 2.81. The van der Waals surface area contributed by atoms with E-state index in [9.17, 15) is 9.90 Å². The van der Waals surface area contributed by atoms with Crippen molar-refractivity contribution in [2.24, 2.45) is 11.8 Å². The molecule has 0 saturated carbocycles. The molecule has 0 spiro atoms. The third kappa shape index (κ3) is 6.60. The maximum absolute atomic E-state index is 12.6. The molecule has 0 aliphatic heterocycles. The van der Waals surface area contributed by atoms with Crippen LogP contribution < -0.4 is 0 Å². The van der Waals surface area contributed by atoms with Crippen molar-refractivity contribution in [3.63, 3.8) is 0 Å². The Morgan fingerprint density at radius 1 is 1.04 bits per heavy atom. The molecule has 1 rings (SSSR count). The maximum atomic E-state index is 12.6. The van der Waals surface area contributed by atoms with Crippen LogP contribution in [0.25, 0.3) is 6.08 Å². The molecule has 138 valence electrons. The van der Waals surface area contributed by atoms with Gasteiger partial charge in [0.15, 0.2) is 5.78 Å². The standard InChI is InChI=1S/C22H33NO2/c1-16(2)21(24)20(23(6)17(3)4)22(25)18(5)12-10-11-15-19-13-8-7-9-14-19/h7-18,20,22,25H,1-6H3/b12-10+,15-11+/t18-,20-,22-/m1/s1. The minimum atomic E-state index is -0.733. The number of aliphatic hydroxyl groups excluding tert-OH is 1. The van der Waals surface area contributed by atoms with E-state index in [1.807, 2.05) is 101 Å². The molecule has 1 aromatic rings. The number of carbonyl (C=O) groups excluding carboxylic acids is 1. The number of allylic oxidation sites excluding steroid dienone is 2. The molecule has 0 aliphatic rings. The molecule has 0 radical (unpaired) electrons. The van der Waals surface area contributed by atoms with Crippen LogP contribution in [0.4, 0.5) is 0 Å². The van der Waals surface area contributed by atoms with Gasteiger partial charge in [-0.3, -0.25) is 9.69 Å². The number of hydrogen-bond acceptors (Lipinski definition) is 3. The average molecular weight is 344 g/mol. The van der Waals surface area contributed by atoms with Crippen molar-refractivity contribution >= 4 is 11.9 Å². The molecule has 0 bridgehead atoms. The number of benzene rings is 1. The van der Waals surface area contributed by atoms with Crippen molar-refractivity contribution in [1.82, 2.24) is 4.90 Å². The lowest BCUT2D eigenvalue weighted by atomic mass is 9.88. The molecule has 3 nitrogen and oxygen atoms in total. The van der Waals surface area contributed by atoms with Crippen molar-refractivity contribution in [1.29, 1.82) is 0 Å². The SMILES string of the molecule is CC(C)C(=O)[C@H]([C@H](O)[C@H](C)/C=C/C=C/c1ccccc1)N(C)C(C)C. The number of aliphatic hydroxyl groups is 1. The Morgan fingerprint density at radius 2 is 1.64 bits per heavy atom. The molecule has 0 aliphatic carbocycles. The number of carbonyl (C=O) groups is 1. The average Bonchev–Trinajstić information content (AvgIpc) is 2.59. The van der Waals surface area contributed by atoms with E-state index in [4.69, 9.17) is 0 Å². The largest absolute Gasteiger partial charge is 0.390 e. The smallest absolute Gasteiger partial charge is 0.155 e. The quantitative estimate of drug-likeness (QED) is 0.684. The Labute approximate surface area is 153 Å². The number of nitrogens with zero attached hydrogens (tertiary/aromatic N) is 1. The first-order valence-electron chi connectivity index (χ1n) is 9.09. The number of hydrogen-bond donors (Lipinski definition) is 1. The molecular weight excluding hydrogens is 310 g/mol. The predicted octanol–water partition coefficient (Wildman–Crippen LogP) is 4.19. The minimum absolute atomic E-state index is 0.0868. The van der Waals surface area contributed by atoms with E-state index in [0.717, 1.165) is 5.56 Å². The second-order valence-electron chi connectivity index (χ2n) is 7.27. The van der Waals surface area contributed by atoms with Crippen LogP contribution in [0.5, 0.6) is 0 Å². The van der Waals surface area contributed by atoms with Crippen molar-refractivity contribution in [3.05, 3.63) is 54.1 Å². The lowest BCUT2D eigenvalue weighted by Crippen LogP contribution is -2.53. The normalized spacial score (nSPS) is 16.2. The predicted molar refractivity (Wildman–Crippen MR) is 106 cm³/mol. The third-order valence-electron chi connectivity index (χ3n) is 4.59. The highest BCUT2D eigenvalue weighted by Crippen LogP contribution is 2.19. The lowest BCUT2D eigenvalue weighted by Gasteiger charge is -2.36. The molecule has 0 heterocycles. The number of ketones is 1.